The molecular weight excluding hydrogens is 302 g/mol. The maximum atomic E-state index is 11.8. The normalized spacial score (nSPS) is 10.4. The summed E-state index contributed by atoms with van der Waals surface area (Å²) in [4.78, 5) is 24.2. The molecule has 22 heavy (non-hydrogen) atoms. The predicted octanol–water partition coefficient (Wildman–Crippen LogP) is 2.63. The van der Waals surface area contributed by atoms with Gasteiger partial charge in [-0.25, -0.2) is 15.0 Å². The number of nitrogens with zero attached hydrogens (tertiary/aromatic N) is 3. The molecule has 3 aromatic heterocycles. The Hall–Kier alpha value is -2.74. The fraction of sp³-hybridized carbons (Fsp3) is 0.143. The molecule has 0 aliphatic rings. The molecule has 0 aromatic carbocycles. The lowest BCUT2D eigenvalue weighted by Gasteiger charge is -2.03. The highest BCUT2D eigenvalue weighted by Crippen LogP contribution is 2.25. The summed E-state index contributed by atoms with van der Waals surface area (Å²) in [7, 11) is 0. The van der Waals surface area contributed by atoms with Crippen LogP contribution in [-0.4, -0.2) is 27.4 Å². The second kappa shape index (κ2) is 6.81. The second-order valence-electron chi connectivity index (χ2n) is 4.31. The van der Waals surface area contributed by atoms with Gasteiger partial charge in [-0.2, -0.15) is 0 Å². The van der Waals surface area contributed by atoms with E-state index in [1.54, 1.807) is 30.8 Å². The molecule has 1 amide bonds. The molecule has 3 heterocycles. The molecule has 0 saturated carbocycles. The van der Waals surface area contributed by atoms with Gasteiger partial charge in [-0.1, -0.05) is 0 Å². The van der Waals surface area contributed by atoms with Gasteiger partial charge in [-0.3, -0.25) is 4.79 Å². The summed E-state index contributed by atoms with van der Waals surface area (Å²) >= 11 is 1.36. The number of carbonyl (C=O) groups excluding carboxylic acids is 1. The van der Waals surface area contributed by atoms with Crippen LogP contribution in [0.25, 0.3) is 11.5 Å². The van der Waals surface area contributed by atoms with Gasteiger partial charge in [-0.15, -0.1) is 11.3 Å². The summed E-state index contributed by atoms with van der Waals surface area (Å²) in [6, 6.07) is 5.35. The molecule has 0 spiro atoms. The molecule has 0 fully saturated rings. The Labute approximate surface area is 130 Å². The summed E-state index contributed by atoms with van der Waals surface area (Å²) in [6.45, 7) is 0.451. The number of thiazole rings is 1. The van der Waals surface area contributed by atoms with E-state index in [0.29, 0.717) is 35.5 Å². The molecular formula is C14H13N5O2S. The van der Waals surface area contributed by atoms with Crippen molar-refractivity contribution in [2.45, 2.75) is 6.42 Å². The number of furan rings is 1. The van der Waals surface area contributed by atoms with E-state index in [4.69, 9.17) is 4.42 Å². The molecule has 0 radical (unpaired) electrons. The average Bonchev–Trinajstić information content (AvgIpc) is 3.19. The van der Waals surface area contributed by atoms with E-state index >= 15 is 0 Å². The number of nitrogens with one attached hydrogen (secondary N) is 2. The first-order valence-electron chi connectivity index (χ1n) is 6.61. The van der Waals surface area contributed by atoms with Crippen LogP contribution in [0.1, 0.15) is 6.42 Å². The van der Waals surface area contributed by atoms with E-state index in [1.807, 2.05) is 11.4 Å². The predicted molar refractivity (Wildman–Crippen MR) is 83.6 cm³/mol. The second-order valence-corrected chi connectivity index (χ2v) is 5.17. The minimum Gasteiger partial charge on any atom is -0.463 e. The van der Waals surface area contributed by atoms with Crippen molar-refractivity contribution in [2.75, 3.05) is 17.2 Å². The molecule has 0 bridgehead atoms. The third kappa shape index (κ3) is 3.67. The summed E-state index contributed by atoms with van der Waals surface area (Å²) < 4.78 is 5.26. The highest BCUT2D eigenvalue weighted by Gasteiger charge is 2.09. The van der Waals surface area contributed by atoms with Crippen molar-refractivity contribution in [3.63, 3.8) is 0 Å². The molecule has 112 valence electrons. The van der Waals surface area contributed by atoms with Crippen LogP contribution in [0.15, 0.2) is 46.7 Å². The number of rotatable bonds is 6. The molecule has 0 unspecified atom stereocenters. The van der Waals surface area contributed by atoms with Crippen molar-refractivity contribution in [3.05, 3.63) is 42.2 Å². The van der Waals surface area contributed by atoms with E-state index in [-0.39, 0.29) is 5.91 Å². The quantitative estimate of drug-likeness (QED) is 0.726. The maximum Gasteiger partial charge on any atom is 0.227 e. The van der Waals surface area contributed by atoms with E-state index in [2.05, 4.69) is 25.6 Å². The third-order valence-corrected chi connectivity index (χ3v) is 3.48. The van der Waals surface area contributed by atoms with Gasteiger partial charge in [0.1, 0.15) is 5.69 Å². The first kappa shape index (κ1) is 14.2. The SMILES string of the molecule is O=C(CCNc1ncccn1)Nc1nc(-c2ccco2)cs1. The summed E-state index contributed by atoms with van der Waals surface area (Å²) in [5, 5.41) is 8.12. The number of carbonyl (C=O) groups is 1. The summed E-state index contributed by atoms with van der Waals surface area (Å²) in [5.74, 6) is 1.06. The number of aromatic nitrogens is 3. The Balaban J connectivity index is 1.48. The van der Waals surface area contributed by atoms with Crippen LogP contribution >= 0.6 is 11.3 Å². The summed E-state index contributed by atoms with van der Waals surface area (Å²) in [6.07, 6.45) is 5.17. The van der Waals surface area contributed by atoms with Gasteiger partial charge in [0.15, 0.2) is 10.9 Å². The van der Waals surface area contributed by atoms with Gasteiger partial charge in [-0.05, 0) is 18.2 Å². The number of amides is 1. The lowest BCUT2D eigenvalue weighted by Crippen LogP contribution is -2.16. The van der Waals surface area contributed by atoms with E-state index in [1.165, 1.54) is 11.3 Å². The van der Waals surface area contributed by atoms with Crippen molar-refractivity contribution in [1.29, 1.82) is 0 Å². The largest absolute Gasteiger partial charge is 0.463 e. The minimum atomic E-state index is -0.122. The average molecular weight is 315 g/mol. The van der Waals surface area contributed by atoms with Crippen LogP contribution in [0.5, 0.6) is 0 Å². The Bertz CT molecular complexity index is 727. The number of hydrogen-bond donors (Lipinski definition) is 2. The topological polar surface area (TPSA) is 92.9 Å². The first-order chi connectivity index (χ1) is 10.8. The zero-order valence-electron chi connectivity index (χ0n) is 11.5. The molecule has 3 aromatic rings. The van der Waals surface area contributed by atoms with Crippen LogP contribution in [0, 0.1) is 0 Å². The lowest BCUT2D eigenvalue weighted by molar-refractivity contribution is -0.115. The minimum absolute atomic E-state index is 0.122. The standard InChI is InChI=1S/C14H13N5O2S/c20-12(4-7-17-13-15-5-2-6-16-13)19-14-18-10(9-22-14)11-3-1-8-21-11/h1-3,5-6,8-9H,4,7H2,(H,15,16,17)(H,18,19,20). The number of anilines is 2. The van der Waals surface area contributed by atoms with Crippen molar-refractivity contribution in [2.24, 2.45) is 0 Å². The molecule has 2 N–H and O–H groups in total. The lowest BCUT2D eigenvalue weighted by atomic mass is 10.4. The van der Waals surface area contributed by atoms with Crippen LogP contribution in [0.3, 0.4) is 0 Å². The van der Waals surface area contributed by atoms with E-state index in [0.717, 1.165) is 0 Å². The fourth-order valence-corrected chi connectivity index (χ4v) is 2.44. The molecule has 0 saturated heterocycles. The molecule has 0 atom stereocenters. The van der Waals surface area contributed by atoms with E-state index < -0.39 is 0 Å². The van der Waals surface area contributed by atoms with Crippen molar-refractivity contribution in [3.8, 4) is 11.5 Å². The Morgan fingerprint density at radius 1 is 1.27 bits per heavy atom. The zero-order chi connectivity index (χ0) is 15.2. The van der Waals surface area contributed by atoms with Gasteiger partial charge < -0.3 is 15.1 Å². The van der Waals surface area contributed by atoms with Gasteiger partial charge in [0.25, 0.3) is 0 Å². The fourth-order valence-electron chi connectivity index (χ4n) is 1.73. The molecule has 0 aliphatic heterocycles. The maximum absolute atomic E-state index is 11.8. The molecule has 0 aliphatic carbocycles. The Morgan fingerprint density at radius 3 is 2.91 bits per heavy atom. The van der Waals surface area contributed by atoms with Gasteiger partial charge >= 0.3 is 0 Å². The van der Waals surface area contributed by atoms with Crippen molar-refractivity contribution < 1.29 is 9.21 Å². The van der Waals surface area contributed by atoms with Gasteiger partial charge in [0.2, 0.25) is 11.9 Å². The highest BCUT2D eigenvalue weighted by molar-refractivity contribution is 7.14. The smallest absolute Gasteiger partial charge is 0.227 e. The Kier molecular flexibility index (Phi) is 4.40. The monoisotopic (exact) mass is 315 g/mol. The number of hydrogen-bond acceptors (Lipinski definition) is 7. The van der Waals surface area contributed by atoms with Gasteiger partial charge in [0, 0.05) is 30.7 Å². The zero-order valence-corrected chi connectivity index (χ0v) is 12.3. The van der Waals surface area contributed by atoms with Crippen LogP contribution in [-0.2, 0) is 4.79 Å². The molecule has 8 heteroatoms. The van der Waals surface area contributed by atoms with Crippen molar-refractivity contribution >= 4 is 28.3 Å². The first-order valence-corrected chi connectivity index (χ1v) is 7.49. The Morgan fingerprint density at radius 2 is 2.14 bits per heavy atom. The molecule has 3 rings (SSSR count). The van der Waals surface area contributed by atoms with Gasteiger partial charge in [0.05, 0.1) is 6.26 Å². The summed E-state index contributed by atoms with van der Waals surface area (Å²) in [5.41, 5.74) is 0.709. The third-order valence-electron chi connectivity index (χ3n) is 2.73. The van der Waals surface area contributed by atoms with Crippen LogP contribution < -0.4 is 10.6 Å². The van der Waals surface area contributed by atoms with E-state index in [9.17, 15) is 4.79 Å². The van der Waals surface area contributed by atoms with Crippen LogP contribution in [0.2, 0.25) is 0 Å². The highest BCUT2D eigenvalue weighted by atomic mass is 32.1. The van der Waals surface area contributed by atoms with Crippen molar-refractivity contribution in [1.82, 2.24) is 15.0 Å². The van der Waals surface area contributed by atoms with Crippen LogP contribution in [0.4, 0.5) is 11.1 Å². The molecule has 7 nitrogen and oxygen atoms in total.